The summed E-state index contributed by atoms with van der Waals surface area (Å²) in [4.78, 5) is 17.0. The van der Waals surface area contributed by atoms with Crippen LogP contribution < -0.4 is 14.8 Å². The second kappa shape index (κ2) is 14.6. The molecule has 8 heteroatoms. The Morgan fingerprint density at radius 2 is 1.78 bits per heavy atom. The molecule has 2 aliphatic rings. The molecule has 1 saturated heterocycles. The Morgan fingerprint density at radius 1 is 1.09 bits per heavy atom. The number of carbonyl (C=O) groups is 1. The number of nitrogens with zero attached hydrogens (tertiary/aromatic N) is 2. The summed E-state index contributed by atoms with van der Waals surface area (Å²) in [7, 11) is 3.81. The van der Waals surface area contributed by atoms with Gasteiger partial charge in [0, 0.05) is 44.8 Å². The van der Waals surface area contributed by atoms with Crippen LogP contribution >= 0.6 is 24.8 Å². The molecule has 1 amide bonds. The van der Waals surface area contributed by atoms with Gasteiger partial charge in [-0.15, -0.1) is 24.8 Å². The van der Waals surface area contributed by atoms with Crippen molar-refractivity contribution < 1.29 is 14.3 Å². The van der Waals surface area contributed by atoms with Crippen LogP contribution in [0.2, 0.25) is 0 Å². The van der Waals surface area contributed by atoms with E-state index >= 15 is 0 Å². The average molecular weight is 489 g/mol. The van der Waals surface area contributed by atoms with Gasteiger partial charge in [-0.25, -0.2) is 0 Å². The lowest BCUT2D eigenvalue weighted by Crippen LogP contribution is -2.45. The third-order valence-corrected chi connectivity index (χ3v) is 6.24. The second-order valence-corrected chi connectivity index (χ2v) is 8.70. The fraction of sp³-hybridized carbons (Fsp3) is 0.625. The third kappa shape index (κ3) is 9.18. The number of hydrogen-bond acceptors (Lipinski definition) is 5. The van der Waals surface area contributed by atoms with Crippen molar-refractivity contribution in [2.75, 3.05) is 53.5 Å². The van der Waals surface area contributed by atoms with E-state index in [0.717, 1.165) is 62.8 Å². The standard InChI is InChI=1S/C24H37N3O3.2ClH/c1-19-4-8-21(9-5-19)25-24(28)11-7-20-6-10-22(23(18-20)29-3)30-17-16-27-14-12-26(2)13-15-27;;/h6-7,10-11,18-19,21H,4-5,8-9,12-17H2,1-3H3,(H,25,28);2*1H/b11-7+;;/t19-,21-;;. The lowest BCUT2D eigenvalue weighted by molar-refractivity contribution is -0.117. The van der Waals surface area contributed by atoms with Crippen LogP contribution in [0.3, 0.4) is 0 Å². The van der Waals surface area contributed by atoms with E-state index in [2.05, 4.69) is 29.1 Å². The fourth-order valence-electron chi connectivity index (χ4n) is 4.09. The number of amides is 1. The molecule has 0 bridgehead atoms. The molecule has 0 spiro atoms. The molecule has 0 unspecified atom stereocenters. The number of carbonyl (C=O) groups excluding carboxylic acids is 1. The van der Waals surface area contributed by atoms with Gasteiger partial charge in [0.2, 0.25) is 5.91 Å². The smallest absolute Gasteiger partial charge is 0.244 e. The van der Waals surface area contributed by atoms with Gasteiger partial charge in [-0.1, -0.05) is 13.0 Å². The van der Waals surface area contributed by atoms with Crippen LogP contribution in [0.1, 0.15) is 38.2 Å². The van der Waals surface area contributed by atoms with Gasteiger partial charge in [-0.05, 0) is 62.4 Å². The van der Waals surface area contributed by atoms with Crippen LogP contribution in [-0.4, -0.2) is 75.2 Å². The van der Waals surface area contributed by atoms with Crippen LogP contribution in [0.25, 0.3) is 6.08 Å². The van der Waals surface area contributed by atoms with Crippen molar-refractivity contribution in [2.45, 2.75) is 38.6 Å². The summed E-state index contributed by atoms with van der Waals surface area (Å²) in [6.07, 6.45) is 7.99. The van der Waals surface area contributed by atoms with E-state index in [4.69, 9.17) is 9.47 Å². The molecule has 3 rings (SSSR count). The maximum absolute atomic E-state index is 12.2. The van der Waals surface area contributed by atoms with Crippen LogP contribution in [0, 0.1) is 5.92 Å². The first-order valence-electron chi connectivity index (χ1n) is 11.2. The van der Waals surface area contributed by atoms with E-state index in [9.17, 15) is 4.79 Å². The summed E-state index contributed by atoms with van der Waals surface area (Å²) in [6, 6.07) is 6.10. The van der Waals surface area contributed by atoms with Gasteiger partial charge in [0.15, 0.2) is 11.5 Å². The zero-order valence-electron chi connectivity index (χ0n) is 19.5. The molecule has 0 aromatic heterocycles. The largest absolute Gasteiger partial charge is 0.493 e. The summed E-state index contributed by atoms with van der Waals surface area (Å²) in [5, 5.41) is 3.12. The highest BCUT2D eigenvalue weighted by Gasteiger charge is 2.19. The monoisotopic (exact) mass is 487 g/mol. The SMILES string of the molecule is COc1cc(/C=C/C(=O)N[C@H]2CC[C@H](C)CC2)ccc1OCCN1CCN(C)CC1.Cl.Cl. The summed E-state index contributed by atoms with van der Waals surface area (Å²) in [5.74, 6) is 2.19. The van der Waals surface area contributed by atoms with Crippen LogP contribution in [0.15, 0.2) is 24.3 Å². The molecular formula is C24H39Cl2N3O3. The van der Waals surface area contributed by atoms with Gasteiger partial charge in [-0.2, -0.15) is 0 Å². The zero-order chi connectivity index (χ0) is 21.3. The number of likely N-dealkylation sites (N-methyl/N-ethyl adjacent to an activating group) is 1. The third-order valence-electron chi connectivity index (χ3n) is 6.24. The van der Waals surface area contributed by atoms with Gasteiger partial charge in [-0.3, -0.25) is 9.69 Å². The van der Waals surface area contributed by atoms with E-state index in [-0.39, 0.29) is 30.7 Å². The number of nitrogens with one attached hydrogen (secondary N) is 1. The minimum atomic E-state index is -0.0268. The molecule has 0 atom stereocenters. The average Bonchev–Trinajstić information content (AvgIpc) is 2.76. The van der Waals surface area contributed by atoms with Gasteiger partial charge < -0.3 is 19.7 Å². The van der Waals surface area contributed by atoms with Crippen molar-refractivity contribution in [3.8, 4) is 11.5 Å². The predicted octanol–water partition coefficient (Wildman–Crippen LogP) is 3.87. The van der Waals surface area contributed by atoms with E-state index in [0.29, 0.717) is 18.4 Å². The fourth-order valence-corrected chi connectivity index (χ4v) is 4.09. The Labute approximate surface area is 205 Å². The molecule has 1 heterocycles. The first-order chi connectivity index (χ1) is 14.5. The molecule has 1 aliphatic heterocycles. The minimum absolute atomic E-state index is 0. The van der Waals surface area contributed by atoms with E-state index in [1.165, 1.54) is 12.8 Å². The number of piperazine rings is 1. The van der Waals surface area contributed by atoms with E-state index in [1.54, 1.807) is 13.2 Å². The molecule has 1 N–H and O–H groups in total. The van der Waals surface area contributed by atoms with Crippen molar-refractivity contribution in [1.29, 1.82) is 0 Å². The number of ether oxygens (including phenoxy) is 2. The molecule has 182 valence electrons. The number of methoxy groups -OCH3 is 1. The summed E-state index contributed by atoms with van der Waals surface area (Å²) in [6.45, 7) is 8.22. The Hall–Kier alpha value is -1.47. The molecule has 1 aliphatic carbocycles. The van der Waals surface area contributed by atoms with Crippen LogP contribution in [0.4, 0.5) is 0 Å². The minimum Gasteiger partial charge on any atom is -0.493 e. The number of rotatable bonds is 8. The first kappa shape index (κ1) is 28.6. The Kier molecular flexibility index (Phi) is 13.1. The number of benzene rings is 1. The van der Waals surface area contributed by atoms with Crippen LogP contribution in [0.5, 0.6) is 11.5 Å². The Morgan fingerprint density at radius 3 is 2.44 bits per heavy atom. The predicted molar refractivity (Wildman–Crippen MR) is 136 cm³/mol. The molecule has 1 aromatic carbocycles. The number of halogens is 2. The van der Waals surface area contributed by atoms with Gasteiger partial charge >= 0.3 is 0 Å². The van der Waals surface area contributed by atoms with Crippen molar-refractivity contribution >= 4 is 36.8 Å². The van der Waals surface area contributed by atoms with E-state index < -0.39 is 0 Å². The molecule has 2 fully saturated rings. The van der Waals surface area contributed by atoms with Crippen LogP contribution in [-0.2, 0) is 4.79 Å². The Balaban J connectivity index is 0.00000256. The molecule has 0 radical (unpaired) electrons. The maximum atomic E-state index is 12.2. The molecule has 1 aromatic rings. The number of hydrogen-bond donors (Lipinski definition) is 1. The Bertz CT molecular complexity index is 716. The highest BCUT2D eigenvalue weighted by molar-refractivity contribution is 5.92. The quantitative estimate of drug-likeness (QED) is 0.563. The van der Waals surface area contributed by atoms with Crippen molar-refractivity contribution in [1.82, 2.24) is 15.1 Å². The van der Waals surface area contributed by atoms with Gasteiger partial charge in [0.25, 0.3) is 0 Å². The molecule has 6 nitrogen and oxygen atoms in total. The topological polar surface area (TPSA) is 54.0 Å². The maximum Gasteiger partial charge on any atom is 0.244 e. The van der Waals surface area contributed by atoms with Gasteiger partial charge in [0.05, 0.1) is 7.11 Å². The molecule has 32 heavy (non-hydrogen) atoms. The van der Waals surface area contributed by atoms with Crippen molar-refractivity contribution in [3.05, 3.63) is 29.8 Å². The zero-order valence-corrected chi connectivity index (χ0v) is 21.2. The van der Waals surface area contributed by atoms with E-state index in [1.807, 2.05) is 24.3 Å². The van der Waals surface area contributed by atoms with Gasteiger partial charge in [0.1, 0.15) is 6.61 Å². The first-order valence-corrected chi connectivity index (χ1v) is 11.2. The highest BCUT2D eigenvalue weighted by atomic mass is 35.5. The molecule has 1 saturated carbocycles. The lowest BCUT2D eigenvalue weighted by atomic mass is 9.87. The highest BCUT2D eigenvalue weighted by Crippen LogP contribution is 2.28. The summed E-state index contributed by atoms with van der Waals surface area (Å²) in [5.41, 5.74) is 0.922. The van der Waals surface area contributed by atoms with Crippen molar-refractivity contribution in [2.24, 2.45) is 5.92 Å². The molecular weight excluding hydrogens is 449 g/mol. The summed E-state index contributed by atoms with van der Waals surface area (Å²) >= 11 is 0. The second-order valence-electron chi connectivity index (χ2n) is 8.70. The normalized spacial score (nSPS) is 22.0. The summed E-state index contributed by atoms with van der Waals surface area (Å²) < 4.78 is 11.5. The lowest BCUT2D eigenvalue weighted by Gasteiger charge is -2.32. The van der Waals surface area contributed by atoms with Crippen molar-refractivity contribution in [3.63, 3.8) is 0 Å².